The van der Waals surface area contributed by atoms with E-state index in [-0.39, 0.29) is 0 Å². The number of nitrogens with zero attached hydrogens (tertiary/aromatic N) is 3. The van der Waals surface area contributed by atoms with Crippen molar-refractivity contribution >= 4 is 28.0 Å². The lowest BCUT2D eigenvalue weighted by Gasteiger charge is -2.22. The fourth-order valence-corrected chi connectivity index (χ4v) is 2.66. The number of nitriles is 1. The summed E-state index contributed by atoms with van der Waals surface area (Å²) in [5.74, 6) is 0.673. The molecule has 2 aromatic carbocycles. The molecule has 0 fully saturated rings. The average Bonchev–Trinajstić information content (AvgIpc) is 2.62. The molecule has 0 saturated carbocycles. The van der Waals surface area contributed by atoms with Crippen LogP contribution in [0, 0.1) is 11.3 Å². The lowest BCUT2D eigenvalue weighted by Crippen LogP contribution is -2.11. The van der Waals surface area contributed by atoms with Crippen LogP contribution in [-0.2, 0) is 0 Å². The Kier molecular flexibility index (Phi) is 4.21. The predicted molar refractivity (Wildman–Crippen MR) is 96.5 cm³/mol. The van der Waals surface area contributed by atoms with Crippen LogP contribution in [0.2, 0.25) is 0 Å². The van der Waals surface area contributed by atoms with Crippen LogP contribution in [0.15, 0.2) is 48.5 Å². The highest BCUT2D eigenvalue weighted by Gasteiger charge is 2.12. The molecule has 3 aromatic rings. The molecule has 0 atom stereocenters. The van der Waals surface area contributed by atoms with Crippen molar-refractivity contribution in [3.05, 3.63) is 54.2 Å². The van der Waals surface area contributed by atoms with E-state index in [1.54, 1.807) is 6.07 Å². The highest BCUT2D eigenvalue weighted by Crippen LogP contribution is 2.34. The van der Waals surface area contributed by atoms with Gasteiger partial charge in [-0.25, -0.2) is 4.98 Å². The van der Waals surface area contributed by atoms with Crippen LogP contribution in [0.3, 0.4) is 0 Å². The van der Waals surface area contributed by atoms with Gasteiger partial charge in [-0.2, -0.15) is 5.26 Å². The molecule has 0 spiro atoms. The molecule has 0 aliphatic rings. The number of hydrogen-bond acceptors (Lipinski definition) is 5. The summed E-state index contributed by atoms with van der Waals surface area (Å²) >= 11 is 0. The first-order valence-corrected chi connectivity index (χ1v) is 7.70. The van der Waals surface area contributed by atoms with Crippen molar-refractivity contribution < 1.29 is 4.74 Å². The number of para-hydroxylation sites is 1. The molecule has 0 radical (unpaired) electrons. The van der Waals surface area contributed by atoms with E-state index >= 15 is 0 Å². The molecule has 0 bridgehead atoms. The normalized spacial score (nSPS) is 10.4. The van der Waals surface area contributed by atoms with E-state index in [0.717, 1.165) is 22.3 Å². The maximum absolute atomic E-state index is 9.25. The first-order valence-electron chi connectivity index (χ1n) is 7.70. The monoisotopic (exact) mass is 318 g/mol. The van der Waals surface area contributed by atoms with Crippen LogP contribution in [-0.4, -0.2) is 18.6 Å². The number of rotatable bonds is 4. The highest BCUT2D eigenvalue weighted by atomic mass is 16.5. The van der Waals surface area contributed by atoms with Crippen molar-refractivity contribution in [1.29, 1.82) is 5.26 Å². The summed E-state index contributed by atoms with van der Waals surface area (Å²) in [6, 6.07) is 17.3. The van der Waals surface area contributed by atoms with Gasteiger partial charge in [0.25, 0.3) is 0 Å². The standard InChI is InChI=1S/C19H18N4O/c1-3-24-19-9-8-14(11-16(19)21)23(2)18-10-13(12-20)22-17-7-5-4-6-15(17)18/h4-11H,3,21H2,1-2H3. The number of hydrogen-bond donors (Lipinski definition) is 1. The third-order valence-electron chi connectivity index (χ3n) is 3.85. The Morgan fingerprint density at radius 1 is 1.21 bits per heavy atom. The Labute approximate surface area is 140 Å². The Hall–Kier alpha value is -3.26. The van der Waals surface area contributed by atoms with E-state index in [1.165, 1.54) is 0 Å². The summed E-state index contributed by atoms with van der Waals surface area (Å²) in [6.45, 7) is 2.49. The van der Waals surface area contributed by atoms with Crippen LogP contribution >= 0.6 is 0 Å². The first-order chi connectivity index (χ1) is 11.6. The number of fused-ring (bicyclic) bond motifs is 1. The number of nitrogens with two attached hydrogens (primary N) is 1. The van der Waals surface area contributed by atoms with E-state index in [4.69, 9.17) is 10.5 Å². The van der Waals surface area contributed by atoms with Gasteiger partial charge in [0.2, 0.25) is 0 Å². The SMILES string of the molecule is CCOc1ccc(N(C)c2cc(C#N)nc3ccccc23)cc1N. The molecule has 1 heterocycles. The Bertz CT molecular complexity index is 930. The second-order valence-corrected chi connectivity index (χ2v) is 5.37. The maximum atomic E-state index is 9.25. The molecule has 0 unspecified atom stereocenters. The topological polar surface area (TPSA) is 75.2 Å². The summed E-state index contributed by atoms with van der Waals surface area (Å²) in [5.41, 5.74) is 9.65. The second-order valence-electron chi connectivity index (χ2n) is 5.37. The second kappa shape index (κ2) is 6.47. The molecule has 5 heteroatoms. The molecule has 120 valence electrons. The Balaban J connectivity index is 2.10. The largest absolute Gasteiger partial charge is 0.492 e. The quantitative estimate of drug-likeness (QED) is 0.739. The van der Waals surface area contributed by atoms with Crippen molar-refractivity contribution in [1.82, 2.24) is 4.98 Å². The maximum Gasteiger partial charge on any atom is 0.143 e. The zero-order valence-electron chi connectivity index (χ0n) is 13.7. The van der Waals surface area contributed by atoms with E-state index in [9.17, 15) is 5.26 Å². The van der Waals surface area contributed by atoms with Crippen molar-refractivity contribution in [3.63, 3.8) is 0 Å². The third kappa shape index (κ3) is 2.82. The molecular weight excluding hydrogens is 300 g/mol. The van der Waals surface area contributed by atoms with Gasteiger partial charge in [0.05, 0.1) is 23.5 Å². The third-order valence-corrected chi connectivity index (χ3v) is 3.85. The minimum Gasteiger partial charge on any atom is -0.492 e. The number of anilines is 3. The van der Waals surface area contributed by atoms with Crippen LogP contribution < -0.4 is 15.4 Å². The predicted octanol–water partition coefficient (Wildman–Crippen LogP) is 3.86. The molecule has 0 aliphatic carbocycles. The molecule has 1 aromatic heterocycles. The molecule has 0 amide bonds. The zero-order valence-corrected chi connectivity index (χ0v) is 13.7. The van der Waals surface area contributed by atoms with E-state index in [2.05, 4.69) is 11.1 Å². The van der Waals surface area contributed by atoms with E-state index in [0.29, 0.717) is 23.7 Å². The number of pyridine rings is 1. The summed E-state index contributed by atoms with van der Waals surface area (Å²) in [5, 5.41) is 10.2. The van der Waals surface area contributed by atoms with Crippen LogP contribution in [0.4, 0.5) is 17.1 Å². The minimum atomic E-state index is 0.384. The summed E-state index contributed by atoms with van der Waals surface area (Å²) in [6.07, 6.45) is 0. The smallest absolute Gasteiger partial charge is 0.143 e. The fraction of sp³-hybridized carbons (Fsp3) is 0.158. The molecule has 24 heavy (non-hydrogen) atoms. The lowest BCUT2D eigenvalue weighted by atomic mass is 10.1. The van der Waals surface area contributed by atoms with Gasteiger partial charge >= 0.3 is 0 Å². The van der Waals surface area contributed by atoms with Gasteiger partial charge in [0.15, 0.2) is 0 Å². The van der Waals surface area contributed by atoms with Gasteiger partial charge in [-0.15, -0.1) is 0 Å². The number of aromatic nitrogens is 1. The Morgan fingerprint density at radius 3 is 2.71 bits per heavy atom. The fourth-order valence-electron chi connectivity index (χ4n) is 2.66. The average molecular weight is 318 g/mol. The number of ether oxygens (including phenoxy) is 1. The molecule has 0 saturated heterocycles. The zero-order chi connectivity index (χ0) is 17.1. The van der Waals surface area contributed by atoms with Gasteiger partial charge in [0, 0.05) is 18.1 Å². The molecule has 3 rings (SSSR count). The van der Waals surface area contributed by atoms with Crippen molar-refractivity contribution in [2.75, 3.05) is 24.3 Å². The van der Waals surface area contributed by atoms with Crippen LogP contribution in [0.1, 0.15) is 12.6 Å². The summed E-state index contributed by atoms with van der Waals surface area (Å²) < 4.78 is 5.49. The number of benzene rings is 2. The van der Waals surface area contributed by atoms with Crippen molar-refractivity contribution in [2.45, 2.75) is 6.92 Å². The van der Waals surface area contributed by atoms with E-state index < -0.39 is 0 Å². The summed E-state index contributed by atoms with van der Waals surface area (Å²) in [4.78, 5) is 6.35. The summed E-state index contributed by atoms with van der Waals surface area (Å²) in [7, 11) is 1.94. The molecule has 2 N–H and O–H groups in total. The lowest BCUT2D eigenvalue weighted by molar-refractivity contribution is 0.342. The van der Waals surface area contributed by atoms with Gasteiger partial charge in [-0.05, 0) is 37.3 Å². The molecule has 5 nitrogen and oxygen atoms in total. The Morgan fingerprint density at radius 2 is 2.00 bits per heavy atom. The molecular formula is C19H18N4O. The minimum absolute atomic E-state index is 0.384. The first kappa shape index (κ1) is 15.6. The van der Waals surface area contributed by atoms with Crippen molar-refractivity contribution in [2.24, 2.45) is 0 Å². The van der Waals surface area contributed by atoms with E-state index in [1.807, 2.05) is 61.3 Å². The van der Waals surface area contributed by atoms with Crippen LogP contribution in [0.5, 0.6) is 5.75 Å². The van der Waals surface area contributed by atoms with Crippen LogP contribution in [0.25, 0.3) is 10.9 Å². The van der Waals surface area contributed by atoms with Gasteiger partial charge in [-0.1, -0.05) is 18.2 Å². The van der Waals surface area contributed by atoms with Gasteiger partial charge in [-0.3, -0.25) is 0 Å². The highest BCUT2D eigenvalue weighted by molar-refractivity contribution is 5.94. The van der Waals surface area contributed by atoms with Gasteiger partial charge in [0.1, 0.15) is 17.5 Å². The van der Waals surface area contributed by atoms with Gasteiger partial charge < -0.3 is 15.4 Å². The van der Waals surface area contributed by atoms with Crippen molar-refractivity contribution in [3.8, 4) is 11.8 Å². The number of nitrogen functional groups attached to an aromatic ring is 1. The molecule has 0 aliphatic heterocycles.